The Labute approximate surface area is 260 Å². The lowest BCUT2D eigenvalue weighted by Crippen LogP contribution is -2.30. The van der Waals surface area contributed by atoms with Crippen LogP contribution in [0.1, 0.15) is 22.8 Å². The number of benzene rings is 4. The van der Waals surface area contributed by atoms with E-state index in [0.717, 1.165) is 14.9 Å². The van der Waals surface area contributed by atoms with Crippen molar-refractivity contribution in [3.63, 3.8) is 0 Å². The van der Waals surface area contributed by atoms with Crippen LogP contribution in [0.3, 0.4) is 0 Å². The molecule has 0 radical (unpaired) electrons. The molecule has 4 aromatic carbocycles. The second kappa shape index (κ2) is 14.4. The van der Waals surface area contributed by atoms with Crippen molar-refractivity contribution in [3.8, 4) is 0 Å². The Kier molecular flexibility index (Phi) is 10.7. The second-order valence-electron chi connectivity index (χ2n) is 8.77. The molecule has 0 fully saturated rings. The first-order valence-electron chi connectivity index (χ1n) is 12.4. The molecule has 1 unspecified atom stereocenters. The number of halogens is 3. The maximum absolute atomic E-state index is 13.4. The summed E-state index contributed by atoms with van der Waals surface area (Å²) in [5.74, 6) is -1.17. The van der Waals surface area contributed by atoms with E-state index in [-0.39, 0.29) is 16.6 Å². The minimum Gasteiger partial charge on any atom is -0.324 e. The number of nitrogens with one attached hydrogen (secondary N) is 3. The molecule has 0 aliphatic carbocycles. The summed E-state index contributed by atoms with van der Waals surface area (Å²) in [5.41, 5.74) is 2.15. The second-order valence-corrected chi connectivity index (χ2v) is 11.9. The van der Waals surface area contributed by atoms with E-state index >= 15 is 0 Å². The topological polar surface area (TPSA) is 87.3 Å². The molecule has 0 aliphatic rings. The molecule has 0 aromatic heterocycles. The minimum absolute atomic E-state index is 0.0705. The molecule has 0 bridgehead atoms. The fraction of sp³-hybridized carbons (Fsp3) is 0.0645. The number of rotatable bonds is 9. The van der Waals surface area contributed by atoms with Gasteiger partial charge in [0.2, 0.25) is 5.91 Å². The first-order valence-corrected chi connectivity index (χ1v) is 14.8. The summed E-state index contributed by atoms with van der Waals surface area (Å²) < 4.78 is 0.834. The van der Waals surface area contributed by atoms with Gasteiger partial charge < -0.3 is 16.0 Å². The summed E-state index contributed by atoms with van der Waals surface area (Å²) in [5, 5.41) is 8.52. The van der Waals surface area contributed by atoms with Gasteiger partial charge in [-0.25, -0.2) is 0 Å². The van der Waals surface area contributed by atoms with Gasteiger partial charge in [-0.15, -0.1) is 11.8 Å². The van der Waals surface area contributed by atoms with Gasteiger partial charge in [-0.05, 0) is 73.2 Å². The van der Waals surface area contributed by atoms with Crippen LogP contribution in [0.25, 0.3) is 6.08 Å². The fourth-order valence-corrected chi connectivity index (χ4v) is 5.33. The lowest BCUT2D eigenvalue weighted by atomic mass is 10.1. The Morgan fingerprint density at radius 1 is 0.854 bits per heavy atom. The van der Waals surface area contributed by atoms with Crippen LogP contribution in [0.2, 0.25) is 10.0 Å². The average Bonchev–Trinajstić information content (AvgIpc) is 2.95. The van der Waals surface area contributed by atoms with Gasteiger partial charge in [0.15, 0.2) is 0 Å². The first kappa shape index (κ1) is 30.4. The smallest absolute Gasteiger partial charge is 0.272 e. The molecule has 0 spiro atoms. The van der Waals surface area contributed by atoms with E-state index in [0.29, 0.717) is 22.0 Å². The highest BCUT2D eigenvalue weighted by Crippen LogP contribution is 2.31. The van der Waals surface area contributed by atoms with Crippen LogP contribution in [0.4, 0.5) is 11.4 Å². The molecule has 41 heavy (non-hydrogen) atoms. The summed E-state index contributed by atoms with van der Waals surface area (Å²) in [6.07, 6.45) is 1.60. The molecule has 6 nitrogen and oxygen atoms in total. The average molecular weight is 669 g/mol. The molecule has 0 saturated carbocycles. The monoisotopic (exact) mass is 667 g/mol. The Morgan fingerprint density at radius 3 is 2.34 bits per heavy atom. The molecule has 1 atom stereocenters. The van der Waals surface area contributed by atoms with Gasteiger partial charge in [-0.3, -0.25) is 14.4 Å². The molecule has 3 amide bonds. The van der Waals surface area contributed by atoms with Crippen LogP contribution in [-0.4, -0.2) is 23.0 Å². The molecular weight excluding hydrogens is 645 g/mol. The number of thioether (sulfide) groups is 1. The highest BCUT2D eigenvalue weighted by Gasteiger charge is 2.18. The summed E-state index contributed by atoms with van der Waals surface area (Å²) in [7, 11) is 0. The predicted molar refractivity (Wildman–Crippen MR) is 172 cm³/mol. The van der Waals surface area contributed by atoms with E-state index in [2.05, 4.69) is 31.9 Å². The third kappa shape index (κ3) is 8.71. The quantitative estimate of drug-likeness (QED) is 0.124. The van der Waals surface area contributed by atoms with Crippen LogP contribution in [0, 0.1) is 0 Å². The van der Waals surface area contributed by atoms with E-state index in [1.165, 1.54) is 11.8 Å². The summed E-state index contributed by atoms with van der Waals surface area (Å²) in [6.45, 7) is 1.77. The van der Waals surface area contributed by atoms with E-state index in [1.807, 2.05) is 36.4 Å². The number of hydrogen-bond donors (Lipinski definition) is 3. The first-order chi connectivity index (χ1) is 19.7. The number of amides is 3. The van der Waals surface area contributed by atoms with Crippen molar-refractivity contribution in [2.45, 2.75) is 17.1 Å². The Hall–Kier alpha value is -3.56. The van der Waals surface area contributed by atoms with Crippen LogP contribution in [-0.2, 0) is 9.59 Å². The molecule has 10 heteroatoms. The zero-order valence-corrected chi connectivity index (χ0v) is 25.6. The number of anilines is 2. The fourth-order valence-electron chi connectivity index (χ4n) is 3.64. The lowest BCUT2D eigenvalue weighted by molar-refractivity contribution is -0.115. The Bertz CT molecular complexity index is 1620. The Balaban J connectivity index is 1.48. The standard InChI is InChI=1S/C31H24BrCl2N3O3S/c1-19(29(38)36-26-15-7-14-25(33)28(26)34)41-24-13-6-12-23(18-24)35-31(40)27(17-20-8-5-11-22(32)16-20)37-30(39)21-9-3-2-4-10-21/h2-19H,1H3,(H,35,40)(H,36,38)(H,37,39)/b27-17+. The van der Waals surface area contributed by atoms with Gasteiger partial charge in [0.05, 0.1) is 21.0 Å². The SMILES string of the molecule is CC(Sc1cccc(NC(=O)/C(=C\c2cccc(Br)c2)NC(=O)c2ccccc2)c1)C(=O)Nc1cccc(Cl)c1Cl. The third-order valence-electron chi connectivity index (χ3n) is 5.67. The number of carbonyl (C=O) groups excluding carboxylic acids is 3. The summed E-state index contributed by atoms with van der Waals surface area (Å²) in [6, 6.07) is 28.1. The maximum Gasteiger partial charge on any atom is 0.272 e. The molecule has 4 aromatic rings. The van der Waals surface area contributed by atoms with Crippen molar-refractivity contribution in [1.82, 2.24) is 5.32 Å². The highest BCUT2D eigenvalue weighted by molar-refractivity contribution is 9.10. The van der Waals surface area contributed by atoms with Crippen molar-refractivity contribution in [1.29, 1.82) is 0 Å². The van der Waals surface area contributed by atoms with Crippen LogP contribution < -0.4 is 16.0 Å². The largest absolute Gasteiger partial charge is 0.324 e. The summed E-state index contributed by atoms with van der Waals surface area (Å²) in [4.78, 5) is 39.8. The van der Waals surface area contributed by atoms with E-state index in [4.69, 9.17) is 23.2 Å². The van der Waals surface area contributed by atoms with Crippen molar-refractivity contribution in [2.75, 3.05) is 10.6 Å². The third-order valence-corrected chi connectivity index (χ3v) is 8.08. The van der Waals surface area contributed by atoms with E-state index in [9.17, 15) is 14.4 Å². The van der Waals surface area contributed by atoms with Gasteiger partial charge in [0.25, 0.3) is 11.8 Å². The van der Waals surface area contributed by atoms with Gasteiger partial charge in [0.1, 0.15) is 5.70 Å². The molecule has 0 heterocycles. The molecule has 0 saturated heterocycles. The predicted octanol–water partition coefficient (Wildman–Crippen LogP) is 8.28. The number of hydrogen-bond acceptors (Lipinski definition) is 4. The minimum atomic E-state index is -0.502. The molecule has 3 N–H and O–H groups in total. The van der Waals surface area contributed by atoms with Crippen LogP contribution >= 0.6 is 50.9 Å². The normalized spacial score (nSPS) is 11.9. The molecular formula is C31H24BrCl2N3O3S. The van der Waals surface area contributed by atoms with E-state index in [1.54, 1.807) is 73.7 Å². The van der Waals surface area contributed by atoms with Crippen molar-refractivity contribution in [2.24, 2.45) is 0 Å². The Morgan fingerprint density at radius 2 is 1.59 bits per heavy atom. The van der Waals surface area contributed by atoms with Crippen LogP contribution in [0.5, 0.6) is 0 Å². The van der Waals surface area contributed by atoms with E-state index < -0.39 is 17.1 Å². The zero-order valence-electron chi connectivity index (χ0n) is 21.7. The van der Waals surface area contributed by atoms with Gasteiger partial charge in [-0.1, -0.05) is 81.6 Å². The highest BCUT2D eigenvalue weighted by atomic mass is 79.9. The molecule has 208 valence electrons. The lowest BCUT2D eigenvalue weighted by Gasteiger charge is -2.15. The summed E-state index contributed by atoms with van der Waals surface area (Å²) >= 11 is 17.0. The number of carbonyl (C=O) groups is 3. The van der Waals surface area contributed by atoms with Gasteiger partial charge >= 0.3 is 0 Å². The van der Waals surface area contributed by atoms with Crippen molar-refractivity contribution >= 4 is 86.1 Å². The van der Waals surface area contributed by atoms with Gasteiger partial charge in [-0.2, -0.15) is 0 Å². The maximum atomic E-state index is 13.4. The van der Waals surface area contributed by atoms with Gasteiger partial charge in [0, 0.05) is 20.6 Å². The molecule has 4 rings (SSSR count). The van der Waals surface area contributed by atoms with Crippen molar-refractivity contribution in [3.05, 3.63) is 128 Å². The molecule has 0 aliphatic heterocycles. The van der Waals surface area contributed by atoms with Crippen LogP contribution in [0.15, 0.2) is 112 Å². The zero-order chi connectivity index (χ0) is 29.4. The van der Waals surface area contributed by atoms with Crippen molar-refractivity contribution < 1.29 is 14.4 Å².